The molecule has 8 heteroatoms. The van der Waals surface area contributed by atoms with E-state index in [1.54, 1.807) is 24.3 Å². The fourth-order valence-corrected chi connectivity index (χ4v) is 2.39. The first-order valence-electron chi connectivity index (χ1n) is 6.18. The van der Waals surface area contributed by atoms with Crippen LogP contribution in [0.5, 0.6) is 5.75 Å². The lowest BCUT2D eigenvalue weighted by molar-refractivity contribution is 0.340. The van der Waals surface area contributed by atoms with Gasteiger partial charge in [0.15, 0.2) is 0 Å². The van der Waals surface area contributed by atoms with Gasteiger partial charge in [0.1, 0.15) is 11.5 Å². The summed E-state index contributed by atoms with van der Waals surface area (Å²) in [6.45, 7) is 2.72. The third-order valence-corrected chi connectivity index (χ3v) is 3.69. The van der Waals surface area contributed by atoms with Crippen molar-refractivity contribution in [3.8, 4) is 5.75 Å². The molecule has 0 aliphatic carbocycles. The Kier molecular flexibility index (Phi) is 4.76. The number of sulfonamides is 1. The zero-order chi connectivity index (χ0) is 15.5. The quantitative estimate of drug-likeness (QED) is 0.849. The second-order valence-corrected chi connectivity index (χ2v) is 6.10. The average molecular weight is 331 g/mol. The van der Waals surface area contributed by atoms with Gasteiger partial charge in [-0.3, -0.25) is 0 Å². The van der Waals surface area contributed by atoms with Crippen LogP contribution in [0.25, 0.3) is 0 Å². The Balaban J connectivity index is 2.03. The van der Waals surface area contributed by atoms with Crippen LogP contribution in [0, 0.1) is 0 Å². The molecule has 0 bridgehead atoms. The fraction of sp³-hybridized carbons (Fsp3) is 0.231. The third kappa shape index (κ3) is 4.13. The number of nitrogens with two attached hydrogens (primary N) is 1. The van der Waals surface area contributed by atoms with E-state index < -0.39 is 10.0 Å². The van der Waals surface area contributed by atoms with Crippen LogP contribution in [-0.4, -0.2) is 15.0 Å². The number of hydrogen-bond donors (Lipinski definition) is 2. The first-order valence-corrected chi connectivity index (χ1v) is 8.10. The standard InChI is InChI=1S/C13H15ClN2O4S/c1-2-19-12-5-3-9(7-11(12)14)16-8-10-4-6-13(20-10)21(15,17)18/h3-7,16H,2,8H2,1H3,(H2,15,17,18). The maximum atomic E-state index is 11.1. The van der Waals surface area contributed by atoms with Gasteiger partial charge in [-0.2, -0.15) is 0 Å². The van der Waals surface area contributed by atoms with Crippen LogP contribution in [0.2, 0.25) is 5.02 Å². The van der Waals surface area contributed by atoms with E-state index in [2.05, 4.69) is 5.32 Å². The molecule has 1 aromatic carbocycles. The topological polar surface area (TPSA) is 94.6 Å². The van der Waals surface area contributed by atoms with Crippen molar-refractivity contribution < 1.29 is 17.6 Å². The average Bonchev–Trinajstić information content (AvgIpc) is 2.88. The summed E-state index contributed by atoms with van der Waals surface area (Å²) in [6, 6.07) is 8.14. The predicted molar refractivity (Wildman–Crippen MR) is 80.0 cm³/mol. The van der Waals surface area contributed by atoms with Gasteiger partial charge in [0, 0.05) is 5.69 Å². The Morgan fingerprint density at radius 1 is 1.33 bits per heavy atom. The molecule has 0 saturated carbocycles. The molecule has 21 heavy (non-hydrogen) atoms. The minimum atomic E-state index is -3.82. The molecular weight excluding hydrogens is 316 g/mol. The number of primary sulfonamides is 1. The molecule has 1 aromatic heterocycles. The van der Waals surface area contributed by atoms with Crippen molar-refractivity contribution in [1.29, 1.82) is 0 Å². The number of ether oxygens (including phenoxy) is 1. The molecular formula is C13H15ClN2O4S. The number of rotatable bonds is 6. The van der Waals surface area contributed by atoms with Crippen LogP contribution in [0.15, 0.2) is 39.8 Å². The van der Waals surface area contributed by atoms with Crippen molar-refractivity contribution in [3.63, 3.8) is 0 Å². The molecule has 0 amide bonds. The molecule has 0 unspecified atom stereocenters. The largest absolute Gasteiger partial charge is 0.492 e. The molecule has 2 aromatic rings. The smallest absolute Gasteiger partial charge is 0.271 e. The van der Waals surface area contributed by atoms with Gasteiger partial charge in [-0.25, -0.2) is 13.6 Å². The van der Waals surface area contributed by atoms with Crippen LogP contribution in [0.1, 0.15) is 12.7 Å². The highest BCUT2D eigenvalue weighted by molar-refractivity contribution is 7.89. The fourth-order valence-electron chi connectivity index (χ4n) is 1.68. The second-order valence-electron chi connectivity index (χ2n) is 4.20. The summed E-state index contributed by atoms with van der Waals surface area (Å²) in [7, 11) is -3.82. The molecule has 0 saturated heterocycles. The highest BCUT2D eigenvalue weighted by Crippen LogP contribution is 2.28. The summed E-state index contributed by atoms with van der Waals surface area (Å²) >= 11 is 6.07. The van der Waals surface area contributed by atoms with E-state index in [9.17, 15) is 8.42 Å². The molecule has 114 valence electrons. The molecule has 0 aliphatic heterocycles. The van der Waals surface area contributed by atoms with E-state index in [0.29, 0.717) is 29.7 Å². The number of benzene rings is 1. The van der Waals surface area contributed by atoms with Gasteiger partial charge in [-0.15, -0.1) is 0 Å². The third-order valence-electron chi connectivity index (χ3n) is 2.62. The highest BCUT2D eigenvalue weighted by Gasteiger charge is 2.13. The Hall–Kier alpha value is -1.70. The zero-order valence-corrected chi connectivity index (χ0v) is 12.9. The Morgan fingerprint density at radius 2 is 2.10 bits per heavy atom. The van der Waals surface area contributed by atoms with Crippen molar-refractivity contribution in [2.45, 2.75) is 18.6 Å². The minimum Gasteiger partial charge on any atom is -0.492 e. The van der Waals surface area contributed by atoms with E-state index in [1.165, 1.54) is 6.07 Å². The van der Waals surface area contributed by atoms with Crippen LogP contribution >= 0.6 is 11.6 Å². The van der Waals surface area contributed by atoms with Crippen LogP contribution in [0.3, 0.4) is 0 Å². The van der Waals surface area contributed by atoms with Gasteiger partial charge in [0.25, 0.3) is 10.0 Å². The van der Waals surface area contributed by atoms with E-state index in [1.807, 2.05) is 6.92 Å². The van der Waals surface area contributed by atoms with Gasteiger partial charge in [-0.05, 0) is 37.3 Å². The molecule has 0 atom stereocenters. The van der Waals surface area contributed by atoms with E-state index in [-0.39, 0.29) is 5.09 Å². The number of halogens is 1. The highest BCUT2D eigenvalue weighted by atomic mass is 35.5. The number of anilines is 1. The first kappa shape index (κ1) is 15.7. The lowest BCUT2D eigenvalue weighted by atomic mass is 10.3. The van der Waals surface area contributed by atoms with E-state index >= 15 is 0 Å². The van der Waals surface area contributed by atoms with Gasteiger partial charge in [-0.1, -0.05) is 11.6 Å². The molecule has 6 nitrogen and oxygen atoms in total. The predicted octanol–water partition coefficient (Wildman–Crippen LogP) is 2.59. The first-order chi connectivity index (χ1) is 9.90. The van der Waals surface area contributed by atoms with Crippen LogP contribution < -0.4 is 15.2 Å². The summed E-state index contributed by atoms with van der Waals surface area (Å²) in [6.07, 6.45) is 0. The summed E-state index contributed by atoms with van der Waals surface area (Å²) in [4.78, 5) is 0. The Bertz CT molecular complexity index is 728. The van der Waals surface area contributed by atoms with Crippen molar-refractivity contribution in [2.24, 2.45) is 5.14 Å². The molecule has 0 spiro atoms. The van der Waals surface area contributed by atoms with Gasteiger partial charge in [0.2, 0.25) is 5.09 Å². The van der Waals surface area contributed by atoms with E-state index in [4.69, 9.17) is 25.9 Å². The SMILES string of the molecule is CCOc1ccc(NCc2ccc(S(N)(=O)=O)o2)cc1Cl. The van der Waals surface area contributed by atoms with E-state index in [0.717, 1.165) is 5.69 Å². The van der Waals surface area contributed by atoms with Crippen molar-refractivity contribution in [1.82, 2.24) is 0 Å². The molecule has 1 heterocycles. The van der Waals surface area contributed by atoms with Crippen molar-refractivity contribution >= 4 is 27.3 Å². The van der Waals surface area contributed by atoms with Crippen LogP contribution in [-0.2, 0) is 16.6 Å². The molecule has 0 fully saturated rings. The number of nitrogens with one attached hydrogen (secondary N) is 1. The number of furan rings is 1. The maximum Gasteiger partial charge on any atom is 0.271 e. The van der Waals surface area contributed by atoms with Gasteiger partial charge >= 0.3 is 0 Å². The van der Waals surface area contributed by atoms with Crippen molar-refractivity contribution in [3.05, 3.63) is 41.1 Å². The summed E-state index contributed by atoms with van der Waals surface area (Å²) in [5.41, 5.74) is 0.761. The molecule has 0 radical (unpaired) electrons. The Morgan fingerprint density at radius 3 is 2.67 bits per heavy atom. The molecule has 2 rings (SSSR count). The van der Waals surface area contributed by atoms with Gasteiger partial charge in [0.05, 0.1) is 18.2 Å². The summed E-state index contributed by atoms with van der Waals surface area (Å²) < 4.78 is 32.7. The van der Waals surface area contributed by atoms with Crippen LogP contribution in [0.4, 0.5) is 5.69 Å². The number of hydrogen-bond acceptors (Lipinski definition) is 5. The lowest BCUT2D eigenvalue weighted by Gasteiger charge is -2.09. The Labute approximate surface area is 127 Å². The summed E-state index contributed by atoms with van der Waals surface area (Å²) in [5.74, 6) is 1.06. The lowest BCUT2D eigenvalue weighted by Crippen LogP contribution is -2.10. The minimum absolute atomic E-state index is 0.260. The normalized spacial score (nSPS) is 11.4. The van der Waals surface area contributed by atoms with Crippen molar-refractivity contribution in [2.75, 3.05) is 11.9 Å². The zero-order valence-electron chi connectivity index (χ0n) is 11.3. The monoisotopic (exact) mass is 330 g/mol. The maximum absolute atomic E-state index is 11.1. The molecule has 3 N–H and O–H groups in total. The second kappa shape index (κ2) is 6.38. The molecule has 0 aliphatic rings. The summed E-state index contributed by atoms with van der Waals surface area (Å²) in [5, 5.41) is 8.27. The van der Waals surface area contributed by atoms with Gasteiger partial charge < -0.3 is 14.5 Å².